The molecule has 2 heteroatoms. The first-order chi connectivity index (χ1) is 9.95. The number of allylic oxidation sites excluding steroid dienone is 2. The Hall–Kier alpha value is -1.04. The van der Waals surface area contributed by atoms with Crippen LogP contribution in [0.15, 0.2) is 72.8 Å². The summed E-state index contributed by atoms with van der Waals surface area (Å²) in [4.78, 5) is 0. The topological polar surface area (TPSA) is 0 Å². The molecule has 0 heterocycles. The second kappa shape index (κ2) is 9.80. The Morgan fingerprint density at radius 2 is 1.00 bits per heavy atom. The van der Waals surface area contributed by atoms with Gasteiger partial charge in [-0.2, -0.15) is 0 Å². The molecule has 0 aromatic heterocycles. The molecule has 0 atom stereocenters. The second-order valence-electron chi connectivity index (χ2n) is 4.20. The van der Waals surface area contributed by atoms with E-state index in [4.69, 9.17) is 0 Å². The molecule has 20 heavy (non-hydrogen) atoms. The summed E-state index contributed by atoms with van der Waals surface area (Å²) < 4.78 is 0. The number of hydrogen-bond donors (Lipinski definition) is 0. The molecule has 0 saturated carbocycles. The van der Waals surface area contributed by atoms with Gasteiger partial charge in [0.05, 0.1) is 0 Å². The van der Waals surface area contributed by atoms with E-state index in [9.17, 15) is 0 Å². The van der Waals surface area contributed by atoms with Crippen LogP contribution >= 0.6 is 0 Å². The fourth-order valence-electron chi connectivity index (χ4n) is 1.67. The molecule has 0 saturated heterocycles. The van der Waals surface area contributed by atoms with E-state index in [2.05, 4.69) is 85.0 Å². The van der Waals surface area contributed by atoms with Crippen LogP contribution in [-0.2, 0) is 0 Å². The molecule has 102 valence electrons. The first kappa shape index (κ1) is 15.3. The third-order valence-corrected chi connectivity index (χ3v) is 9.14. The predicted molar refractivity (Wildman–Crippen MR) is 92.1 cm³/mol. The zero-order valence-electron chi connectivity index (χ0n) is 11.3. The Kier molecular flexibility index (Phi) is 7.52. The quantitative estimate of drug-likeness (QED) is 0.478. The van der Waals surface area contributed by atoms with Gasteiger partial charge < -0.3 is 0 Å². The molecular formula is C18H18Se2. The van der Waals surface area contributed by atoms with Crippen molar-refractivity contribution in [1.82, 2.24) is 0 Å². The fraction of sp³-hybridized carbons (Fsp3) is 0.111. The third kappa shape index (κ3) is 6.41. The van der Waals surface area contributed by atoms with E-state index in [1.807, 2.05) is 0 Å². The average molecular weight is 392 g/mol. The van der Waals surface area contributed by atoms with Gasteiger partial charge in [-0.25, -0.2) is 0 Å². The van der Waals surface area contributed by atoms with Crippen molar-refractivity contribution in [2.75, 3.05) is 0 Å². The van der Waals surface area contributed by atoms with Crippen LogP contribution in [-0.4, -0.2) is 26.3 Å². The van der Waals surface area contributed by atoms with E-state index in [-0.39, 0.29) is 0 Å². The number of hydrogen-bond acceptors (Lipinski definition) is 0. The van der Waals surface area contributed by atoms with E-state index >= 15 is 0 Å². The summed E-state index contributed by atoms with van der Waals surface area (Å²) in [5, 5.41) is 2.50. The molecule has 0 fully saturated rings. The summed E-state index contributed by atoms with van der Waals surface area (Å²) in [5.74, 6) is 0. The first-order valence-corrected chi connectivity index (χ1v) is 13.4. The maximum atomic E-state index is 2.32. The van der Waals surface area contributed by atoms with Crippen molar-refractivity contribution < 1.29 is 0 Å². The van der Waals surface area contributed by atoms with Crippen LogP contribution in [0.3, 0.4) is 0 Å². The van der Waals surface area contributed by atoms with Gasteiger partial charge in [0.2, 0.25) is 0 Å². The third-order valence-electron chi connectivity index (χ3n) is 2.63. The van der Waals surface area contributed by atoms with Crippen molar-refractivity contribution in [2.24, 2.45) is 0 Å². The molecule has 0 amide bonds. The summed E-state index contributed by atoms with van der Waals surface area (Å²) in [5.41, 5.74) is 2.61. The molecular weight excluding hydrogens is 374 g/mol. The molecule has 0 N–H and O–H groups in total. The molecule has 0 spiro atoms. The van der Waals surface area contributed by atoms with Gasteiger partial charge in [0.1, 0.15) is 0 Å². The summed E-state index contributed by atoms with van der Waals surface area (Å²) >= 11 is 1.55. The summed E-state index contributed by atoms with van der Waals surface area (Å²) in [7, 11) is 0. The van der Waals surface area contributed by atoms with Gasteiger partial charge in [-0.3, -0.25) is 0 Å². The van der Waals surface area contributed by atoms with Gasteiger partial charge in [0.25, 0.3) is 0 Å². The van der Waals surface area contributed by atoms with E-state index in [1.165, 1.54) is 21.8 Å². The second-order valence-corrected chi connectivity index (χ2v) is 11.7. The SMILES string of the molecule is C(=C\c1ccccc1)/C[Se][Se]C/C=C/c1ccccc1. The van der Waals surface area contributed by atoms with Crippen LogP contribution in [0.5, 0.6) is 0 Å². The van der Waals surface area contributed by atoms with E-state index in [1.54, 1.807) is 0 Å². The maximum absolute atomic E-state index is 2.32. The molecule has 0 nitrogen and oxygen atoms in total. The molecule has 0 aliphatic rings. The summed E-state index contributed by atoms with van der Waals surface area (Å²) in [6.07, 6.45) is 9.10. The van der Waals surface area contributed by atoms with Crippen molar-refractivity contribution >= 4 is 38.4 Å². The van der Waals surface area contributed by atoms with Crippen molar-refractivity contribution in [3.63, 3.8) is 0 Å². The molecule has 2 aromatic carbocycles. The van der Waals surface area contributed by atoms with Crippen LogP contribution in [0.25, 0.3) is 12.2 Å². The zero-order chi connectivity index (χ0) is 13.9. The first-order valence-electron chi connectivity index (χ1n) is 6.63. The predicted octanol–water partition coefficient (Wildman–Crippen LogP) is 4.57. The molecule has 0 unspecified atom stereocenters. The van der Waals surface area contributed by atoms with Crippen LogP contribution < -0.4 is 0 Å². The standard InChI is InChI=1S/C18H18Se2/c1-3-9-17(10-4-1)13-7-15-19-20-16-8-14-18-11-5-2-6-12-18/h1-14H,15-16H2/b13-7+,14-8+. The number of benzene rings is 2. The molecule has 0 radical (unpaired) electrons. The Morgan fingerprint density at radius 3 is 1.40 bits per heavy atom. The summed E-state index contributed by atoms with van der Waals surface area (Å²) in [6.45, 7) is 0. The van der Waals surface area contributed by atoms with E-state index < -0.39 is 0 Å². The molecule has 2 rings (SSSR count). The van der Waals surface area contributed by atoms with Crippen molar-refractivity contribution in [2.45, 2.75) is 10.6 Å². The van der Waals surface area contributed by atoms with Crippen molar-refractivity contribution in [1.29, 1.82) is 0 Å². The van der Waals surface area contributed by atoms with Crippen molar-refractivity contribution in [3.8, 4) is 0 Å². The van der Waals surface area contributed by atoms with Crippen LogP contribution in [0.4, 0.5) is 0 Å². The van der Waals surface area contributed by atoms with Gasteiger partial charge in [-0.15, -0.1) is 0 Å². The Balaban J connectivity index is 1.58. The van der Waals surface area contributed by atoms with Gasteiger partial charge in [0.15, 0.2) is 0 Å². The van der Waals surface area contributed by atoms with E-state index in [0.29, 0.717) is 0 Å². The molecule has 0 aliphatic heterocycles. The Bertz CT molecular complexity index is 478. The monoisotopic (exact) mass is 394 g/mol. The zero-order valence-corrected chi connectivity index (χ0v) is 14.7. The summed E-state index contributed by atoms with van der Waals surface area (Å²) in [6, 6.07) is 21.1. The van der Waals surface area contributed by atoms with Gasteiger partial charge in [-0.05, 0) is 0 Å². The van der Waals surface area contributed by atoms with E-state index in [0.717, 1.165) is 26.3 Å². The van der Waals surface area contributed by atoms with Gasteiger partial charge >= 0.3 is 133 Å². The average Bonchev–Trinajstić information content (AvgIpc) is 2.52. The fourth-order valence-corrected chi connectivity index (χ4v) is 6.62. The molecule has 2 aromatic rings. The van der Waals surface area contributed by atoms with Gasteiger partial charge in [-0.1, -0.05) is 0 Å². The van der Waals surface area contributed by atoms with Crippen molar-refractivity contribution in [3.05, 3.63) is 83.9 Å². The van der Waals surface area contributed by atoms with Gasteiger partial charge in [0, 0.05) is 0 Å². The van der Waals surface area contributed by atoms with Crippen LogP contribution in [0.2, 0.25) is 10.6 Å². The Labute approximate surface area is 132 Å². The minimum absolute atomic E-state index is 0.777. The molecule has 0 aliphatic carbocycles. The number of rotatable bonds is 7. The van der Waals surface area contributed by atoms with Crippen LogP contribution in [0.1, 0.15) is 11.1 Å². The molecule has 0 bridgehead atoms. The normalized spacial score (nSPS) is 11.4. The minimum atomic E-state index is 0.777. The van der Waals surface area contributed by atoms with Crippen LogP contribution in [0, 0.1) is 0 Å². The Morgan fingerprint density at radius 1 is 0.600 bits per heavy atom.